The van der Waals surface area contributed by atoms with Crippen molar-refractivity contribution in [1.82, 2.24) is 5.16 Å². The van der Waals surface area contributed by atoms with Crippen LogP contribution in [-0.4, -0.2) is 11.1 Å². The van der Waals surface area contributed by atoms with Gasteiger partial charge in [0.2, 0.25) is 0 Å². The first kappa shape index (κ1) is 15.5. The van der Waals surface area contributed by atoms with Crippen LogP contribution in [0.4, 0.5) is 0 Å². The van der Waals surface area contributed by atoms with E-state index in [2.05, 4.69) is 27.2 Å². The Morgan fingerprint density at radius 2 is 1.78 bits per heavy atom. The number of halogens is 1. The Morgan fingerprint density at radius 3 is 2.48 bits per heavy atom. The number of para-hydroxylation sites is 1. The first-order valence-electron chi connectivity index (χ1n) is 7.05. The van der Waals surface area contributed by atoms with E-state index in [0.717, 1.165) is 16.7 Å². The smallest absolute Gasteiger partial charge is 0.365 e. The van der Waals surface area contributed by atoms with Gasteiger partial charge in [-0.1, -0.05) is 34.5 Å². The molecule has 0 aliphatic carbocycles. The summed E-state index contributed by atoms with van der Waals surface area (Å²) < 4.78 is 11.3. The summed E-state index contributed by atoms with van der Waals surface area (Å²) in [6.07, 6.45) is 0. The average Bonchev–Trinajstić information content (AvgIpc) is 2.98. The highest BCUT2D eigenvalue weighted by molar-refractivity contribution is 9.10. The molecule has 3 rings (SSSR count). The molecule has 0 fully saturated rings. The summed E-state index contributed by atoms with van der Waals surface area (Å²) in [4.78, 5) is 12.2. The van der Waals surface area contributed by atoms with E-state index in [-0.39, 0.29) is 5.69 Å². The number of hydrogen-bond donors (Lipinski definition) is 0. The Hall–Kier alpha value is -2.40. The summed E-state index contributed by atoms with van der Waals surface area (Å²) in [6, 6.07) is 14.8. The monoisotopic (exact) mass is 371 g/mol. The van der Waals surface area contributed by atoms with Crippen molar-refractivity contribution in [3.63, 3.8) is 0 Å². The van der Waals surface area contributed by atoms with Gasteiger partial charge < -0.3 is 9.26 Å². The standard InChI is InChI=1S/C18H14BrNO3/c1-11-7-12(2)9-13(8-11)17-10-15(20-23-17)18(21)22-16-6-4-3-5-14(16)19/h3-10H,1-2H3. The number of benzene rings is 2. The molecule has 0 aliphatic rings. The number of ether oxygens (including phenoxy) is 1. The summed E-state index contributed by atoms with van der Waals surface area (Å²) in [7, 11) is 0. The fourth-order valence-corrected chi connectivity index (χ4v) is 2.67. The number of esters is 1. The highest BCUT2D eigenvalue weighted by Gasteiger charge is 2.17. The molecule has 0 atom stereocenters. The average molecular weight is 372 g/mol. The molecule has 0 radical (unpaired) electrons. The molecule has 0 bridgehead atoms. The van der Waals surface area contributed by atoms with Gasteiger partial charge in [0.15, 0.2) is 11.5 Å². The van der Waals surface area contributed by atoms with Crippen LogP contribution >= 0.6 is 15.9 Å². The zero-order chi connectivity index (χ0) is 16.4. The topological polar surface area (TPSA) is 52.3 Å². The maximum atomic E-state index is 12.2. The second kappa shape index (κ2) is 6.38. The molecule has 0 unspecified atom stereocenters. The lowest BCUT2D eigenvalue weighted by Crippen LogP contribution is -2.08. The van der Waals surface area contributed by atoms with Crippen LogP contribution in [0.2, 0.25) is 0 Å². The molecule has 0 spiro atoms. The van der Waals surface area contributed by atoms with Gasteiger partial charge >= 0.3 is 5.97 Å². The quantitative estimate of drug-likeness (QED) is 0.483. The lowest BCUT2D eigenvalue weighted by molar-refractivity contribution is 0.0723. The highest BCUT2D eigenvalue weighted by Crippen LogP contribution is 2.26. The molecular weight excluding hydrogens is 358 g/mol. The first-order chi connectivity index (χ1) is 11.0. The number of hydrogen-bond acceptors (Lipinski definition) is 4. The molecule has 4 nitrogen and oxygen atoms in total. The second-order valence-electron chi connectivity index (χ2n) is 5.27. The van der Waals surface area contributed by atoms with E-state index >= 15 is 0 Å². The highest BCUT2D eigenvalue weighted by atomic mass is 79.9. The molecular formula is C18H14BrNO3. The number of aryl methyl sites for hydroxylation is 2. The van der Waals surface area contributed by atoms with Crippen LogP contribution in [0.1, 0.15) is 21.6 Å². The molecule has 23 heavy (non-hydrogen) atoms. The van der Waals surface area contributed by atoms with Gasteiger partial charge in [-0.05, 0) is 54.0 Å². The molecule has 0 saturated carbocycles. The van der Waals surface area contributed by atoms with Crippen molar-refractivity contribution in [2.75, 3.05) is 0 Å². The summed E-state index contributed by atoms with van der Waals surface area (Å²) >= 11 is 3.33. The van der Waals surface area contributed by atoms with Gasteiger partial charge in [-0.2, -0.15) is 0 Å². The first-order valence-corrected chi connectivity index (χ1v) is 7.84. The van der Waals surface area contributed by atoms with Crippen molar-refractivity contribution >= 4 is 21.9 Å². The third kappa shape index (κ3) is 3.51. The third-order valence-electron chi connectivity index (χ3n) is 3.26. The van der Waals surface area contributed by atoms with Crippen molar-refractivity contribution in [1.29, 1.82) is 0 Å². The Bertz CT molecular complexity index is 850. The number of aromatic nitrogens is 1. The van der Waals surface area contributed by atoms with Gasteiger partial charge in [-0.25, -0.2) is 4.79 Å². The van der Waals surface area contributed by atoms with Crippen molar-refractivity contribution in [3.8, 4) is 17.1 Å². The Kier molecular flexibility index (Phi) is 4.30. The van der Waals surface area contributed by atoms with Gasteiger partial charge in [-0.15, -0.1) is 0 Å². The van der Waals surface area contributed by atoms with Gasteiger partial charge in [0.1, 0.15) is 5.75 Å². The third-order valence-corrected chi connectivity index (χ3v) is 3.92. The lowest BCUT2D eigenvalue weighted by atomic mass is 10.1. The van der Waals surface area contributed by atoms with E-state index in [1.54, 1.807) is 24.3 Å². The van der Waals surface area contributed by atoms with Gasteiger partial charge in [-0.3, -0.25) is 0 Å². The molecule has 0 amide bonds. The van der Waals surface area contributed by atoms with Crippen LogP contribution in [0.25, 0.3) is 11.3 Å². The number of nitrogens with zero attached hydrogens (tertiary/aromatic N) is 1. The van der Waals surface area contributed by atoms with Crippen LogP contribution < -0.4 is 4.74 Å². The fraction of sp³-hybridized carbons (Fsp3) is 0.111. The van der Waals surface area contributed by atoms with Gasteiger partial charge in [0, 0.05) is 11.6 Å². The maximum absolute atomic E-state index is 12.2. The van der Waals surface area contributed by atoms with E-state index in [4.69, 9.17) is 9.26 Å². The van der Waals surface area contributed by atoms with Crippen LogP contribution in [0.5, 0.6) is 5.75 Å². The van der Waals surface area contributed by atoms with Crippen molar-refractivity contribution in [2.45, 2.75) is 13.8 Å². The lowest BCUT2D eigenvalue weighted by Gasteiger charge is -2.03. The summed E-state index contributed by atoms with van der Waals surface area (Å²) in [5.41, 5.74) is 3.26. The van der Waals surface area contributed by atoms with E-state index in [9.17, 15) is 4.79 Å². The molecule has 0 N–H and O–H groups in total. The summed E-state index contributed by atoms with van der Waals surface area (Å²) in [6.45, 7) is 4.02. The zero-order valence-corrected chi connectivity index (χ0v) is 14.3. The van der Waals surface area contributed by atoms with E-state index in [1.807, 2.05) is 32.0 Å². The largest absolute Gasteiger partial charge is 0.421 e. The zero-order valence-electron chi connectivity index (χ0n) is 12.7. The Morgan fingerprint density at radius 1 is 1.09 bits per heavy atom. The predicted octanol–water partition coefficient (Wildman–Crippen LogP) is 4.94. The molecule has 116 valence electrons. The number of carbonyl (C=O) groups excluding carboxylic acids is 1. The minimum absolute atomic E-state index is 0.134. The van der Waals surface area contributed by atoms with Crippen LogP contribution in [-0.2, 0) is 0 Å². The molecule has 1 heterocycles. The van der Waals surface area contributed by atoms with Crippen molar-refractivity contribution < 1.29 is 14.1 Å². The molecule has 0 saturated heterocycles. The normalized spacial score (nSPS) is 10.6. The second-order valence-corrected chi connectivity index (χ2v) is 6.13. The van der Waals surface area contributed by atoms with Gasteiger partial charge in [0.25, 0.3) is 0 Å². The fourth-order valence-electron chi connectivity index (χ4n) is 2.30. The van der Waals surface area contributed by atoms with Gasteiger partial charge in [0.05, 0.1) is 4.47 Å². The minimum Gasteiger partial charge on any atom is -0.421 e. The van der Waals surface area contributed by atoms with E-state index in [0.29, 0.717) is 16.0 Å². The van der Waals surface area contributed by atoms with Crippen LogP contribution in [0.15, 0.2) is 57.5 Å². The minimum atomic E-state index is -0.559. The van der Waals surface area contributed by atoms with Crippen LogP contribution in [0.3, 0.4) is 0 Å². The Labute approximate surface area is 142 Å². The molecule has 1 aromatic heterocycles. The molecule has 2 aromatic carbocycles. The van der Waals surface area contributed by atoms with Crippen molar-refractivity contribution in [3.05, 3.63) is 69.8 Å². The Balaban J connectivity index is 1.84. The predicted molar refractivity (Wildman–Crippen MR) is 90.5 cm³/mol. The molecule has 0 aliphatic heterocycles. The van der Waals surface area contributed by atoms with Crippen LogP contribution in [0, 0.1) is 13.8 Å². The SMILES string of the molecule is Cc1cc(C)cc(-c2cc(C(=O)Oc3ccccc3Br)no2)c1. The molecule has 5 heteroatoms. The maximum Gasteiger partial charge on any atom is 0.365 e. The number of carbonyl (C=O) groups is 1. The van der Waals surface area contributed by atoms with E-state index in [1.165, 1.54) is 0 Å². The summed E-state index contributed by atoms with van der Waals surface area (Å²) in [5.74, 6) is 0.417. The van der Waals surface area contributed by atoms with Crippen molar-refractivity contribution in [2.24, 2.45) is 0 Å². The number of rotatable bonds is 3. The summed E-state index contributed by atoms with van der Waals surface area (Å²) in [5, 5.41) is 3.81. The van der Waals surface area contributed by atoms with E-state index < -0.39 is 5.97 Å². The molecule has 3 aromatic rings.